The van der Waals surface area contributed by atoms with Crippen LogP contribution in [0.5, 0.6) is 0 Å². The van der Waals surface area contributed by atoms with Gasteiger partial charge in [-0.1, -0.05) is 0 Å². The van der Waals surface area contributed by atoms with Crippen molar-refractivity contribution in [2.75, 3.05) is 26.2 Å². The Morgan fingerprint density at radius 3 is 2.67 bits per heavy atom. The summed E-state index contributed by atoms with van der Waals surface area (Å²) in [5.74, 6) is 0.584. The van der Waals surface area contributed by atoms with E-state index < -0.39 is 0 Å². The minimum absolute atomic E-state index is 0.00411. The summed E-state index contributed by atoms with van der Waals surface area (Å²) in [6, 6.07) is 2.14. The minimum atomic E-state index is -0.204. The molecule has 1 N–H and O–H groups in total. The molecule has 1 aliphatic heterocycles. The fraction of sp³-hybridized carbons (Fsp3) is 0.471. The number of nitrogens with one attached hydrogen (secondary N) is 1. The number of rotatable bonds is 4. The Kier molecular flexibility index (Phi) is 5.11. The zero-order valence-electron chi connectivity index (χ0n) is 14.0. The van der Waals surface area contributed by atoms with Gasteiger partial charge in [0.1, 0.15) is 5.82 Å². The van der Waals surface area contributed by atoms with Crippen LogP contribution in [0.15, 0.2) is 21.6 Å². The van der Waals surface area contributed by atoms with Crippen molar-refractivity contribution in [1.82, 2.24) is 19.8 Å². The third kappa shape index (κ3) is 3.91. The van der Waals surface area contributed by atoms with Gasteiger partial charge in [-0.25, -0.2) is 4.98 Å². The maximum Gasteiger partial charge on any atom is 0.254 e. The highest BCUT2D eigenvalue weighted by atomic mass is 32.1. The van der Waals surface area contributed by atoms with Gasteiger partial charge >= 0.3 is 0 Å². The van der Waals surface area contributed by atoms with Gasteiger partial charge in [0.05, 0.1) is 6.42 Å². The molecule has 1 fully saturated rings. The first-order valence-corrected chi connectivity index (χ1v) is 9.05. The molecule has 0 atom stereocenters. The molecule has 128 valence electrons. The second kappa shape index (κ2) is 7.27. The van der Waals surface area contributed by atoms with Crippen LogP contribution in [0, 0.1) is 13.8 Å². The van der Waals surface area contributed by atoms with E-state index in [-0.39, 0.29) is 17.9 Å². The lowest BCUT2D eigenvalue weighted by molar-refractivity contribution is -0.132. The first-order valence-electron chi connectivity index (χ1n) is 8.10. The Morgan fingerprint density at radius 2 is 2.04 bits per heavy atom. The Morgan fingerprint density at radius 1 is 1.29 bits per heavy atom. The number of aromatic nitrogens is 2. The molecule has 1 saturated heterocycles. The molecule has 0 aromatic carbocycles. The highest BCUT2D eigenvalue weighted by Gasteiger charge is 2.22. The van der Waals surface area contributed by atoms with Crippen molar-refractivity contribution in [2.45, 2.75) is 26.8 Å². The number of nitrogens with zero attached hydrogens (tertiary/aromatic N) is 3. The second-order valence-electron chi connectivity index (χ2n) is 6.18. The molecule has 0 bridgehead atoms. The van der Waals surface area contributed by atoms with Crippen LogP contribution in [0.4, 0.5) is 0 Å². The van der Waals surface area contributed by atoms with E-state index in [0.717, 1.165) is 19.6 Å². The molecule has 1 amide bonds. The van der Waals surface area contributed by atoms with Crippen LogP contribution in [0.25, 0.3) is 0 Å². The number of aromatic amines is 1. The number of carbonyl (C=O) groups excluding carboxylic acids is 1. The Labute approximate surface area is 145 Å². The quantitative estimate of drug-likeness (QED) is 0.907. The summed E-state index contributed by atoms with van der Waals surface area (Å²) >= 11 is 1.71. The molecule has 3 heterocycles. The van der Waals surface area contributed by atoms with Gasteiger partial charge in [-0.05, 0) is 36.2 Å². The normalized spacial score (nSPS) is 15.7. The molecular formula is C17H22N4O2S. The van der Waals surface area contributed by atoms with E-state index >= 15 is 0 Å². The molecule has 2 aromatic rings. The predicted molar refractivity (Wildman–Crippen MR) is 94.2 cm³/mol. The standard InChI is InChI=1S/C17H22N4O2S/c1-12-15(17(23)19-13(2)18-12)9-16(22)21-6-4-20(5-7-21)10-14-3-8-24-11-14/h3,8,11H,4-7,9-10H2,1-2H3,(H,18,19,23). The van der Waals surface area contributed by atoms with E-state index in [1.165, 1.54) is 5.56 Å². The van der Waals surface area contributed by atoms with E-state index in [4.69, 9.17) is 0 Å². The number of aryl methyl sites for hydroxylation is 2. The van der Waals surface area contributed by atoms with Gasteiger partial charge in [0.25, 0.3) is 5.56 Å². The summed E-state index contributed by atoms with van der Waals surface area (Å²) < 4.78 is 0. The summed E-state index contributed by atoms with van der Waals surface area (Å²) in [7, 11) is 0. The second-order valence-corrected chi connectivity index (χ2v) is 6.96. The average Bonchev–Trinajstić information content (AvgIpc) is 3.04. The number of hydrogen-bond donors (Lipinski definition) is 1. The summed E-state index contributed by atoms with van der Waals surface area (Å²) in [4.78, 5) is 35.7. The summed E-state index contributed by atoms with van der Waals surface area (Å²) in [6.07, 6.45) is 0.124. The van der Waals surface area contributed by atoms with Crippen LogP contribution < -0.4 is 5.56 Å². The molecule has 0 spiro atoms. The average molecular weight is 346 g/mol. The third-order valence-corrected chi connectivity index (χ3v) is 5.11. The first kappa shape index (κ1) is 16.9. The van der Waals surface area contributed by atoms with Gasteiger partial charge in [-0.15, -0.1) is 0 Å². The van der Waals surface area contributed by atoms with Crippen molar-refractivity contribution in [3.05, 3.63) is 49.8 Å². The van der Waals surface area contributed by atoms with Crippen LogP contribution in [0.3, 0.4) is 0 Å². The molecule has 0 radical (unpaired) electrons. The van der Waals surface area contributed by atoms with Crippen molar-refractivity contribution in [3.63, 3.8) is 0 Å². The van der Waals surface area contributed by atoms with Crippen LogP contribution in [0.2, 0.25) is 0 Å². The molecular weight excluding hydrogens is 324 g/mol. The Hall–Kier alpha value is -1.99. The summed E-state index contributed by atoms with van der Waals surface area (Å²) in [5.41, 5.74) is 2.24. The van der Waals surface area contributed by atoms with Gasteiger partial charge in [-0.2, -0.15) is 11.3 Å². The van der Waals surface area contributed by atoms with Crippen molar-refractivity contribution in [3.8, 4) is 0 Å². The van der Waals surface area contributed by atoms with Gasteiger partial charge in [0.2, 0.25) is 5.91 Å². The zero-order chi connectivity index (χ0) is 17.1. The fourth-order valence-electron chi connectivity index (χ4n) is 3.02. The maximum atomic E-state index is 12.5. The first-order chi connectivity index (χ1) is 11.5. The number of piperazine rings is 1. The van der Waals surface area contributed by atoms with Gasteiger partial charge in [-0.3, -0.25) is 14.5 Å². The molecule has 1 aliphatic rings. The SMILES string of the molecule is Cc1nc(C)c(CC(=O)N2CCN(Cc3ccsc3)CC2)c(=O)[nH]1. The van der Waals surface area contributed by atoms with Gasteiger partial charge in [0.15, 0.2) is 0 Å². The molecule has 0 aliphatic carbocycles. The van der Waals surface area contributed by atoms with Gasteiger partial charge < -0.3 is 9.88 Å². The summed E-state index contributed by atoms with van der Waals surface area (Å²) in [5, 5.41) is 4.25. The Bertz CT molecular complexity index is 761. The largest absolute Gasteiger partial charge is 0.340 e. The van der Waals surface area contributed by atoms with Crippen LogP contribution in [-0.2, 0) is 17.8 Å². The molecule has 7 heteroatoms. The monoisotopic (exact) mass is 346 g/mol. The smallest absolute Gasteiger partial charge is 0.254 e. The van der Waals surface area contributed by atoms with Crippen LogP contribution in [-0.4, -0.2) is 51.9 Å². The molecule has 6 nitrogen and oxygen atoms in total. The van der Waals surface area contributed by atoms with E-state index in [1.807, 2.05) is 4.90 Å². The van der Waals surface area contributed by atoms with Crippen molar-refractivity contribution >= 4 is 17.2 Å². The molecule has 24 heavy (non-hydrogen) atoms. The predicted octanol–water partition coefficient (Wildman–Crippen LogP) is 1.34. The van der Waals surface area contributed by atoms with E-state index in [1.54, 1.807) is 25.2 Å². The molecule has 3 rings (SSSR count). The summed E-state index contributed by atoms with van der Waals surface area (Å²) in [6.45, 7) is 7.60. The molecule has 0 unspecified atom stereocenters. The number of amides is 1. The van der Waals surface area contributed by atoms with E-state index in [0.29, 0.717) is 30.2 Å². The maximum absolute atomic E-state index is 12.5. The van der Waals surface area contributed by atoms with Crippen molar-refractivity contribution in [2.24, 2.45) is 0 Å². The van der Waals surface area contributed by atoms with Crippen molar-refractivity contribution < 1.29 is 4.79 Å². The number of thiophene rings is 1. The minimum Gasteiger partial charge on any atom is -0.340 e. The zero-order valence-corrected chi connectivity index (χ0v) is 14.9. The highest BCUT2D eigenvalue weighted by molar-refractivity contribution is 7.07. The number of H-pyrrole nitrogens is 1. The topological polar surface area (TPSA) is 69.3 Å². The lowest BCUT2D eigenvalue weighted by Crippen LogP contribution is -2.49. The number of hydrogen-bond acceptors (Lipinski definition) is 5. The van der Waals surface area contributed by atoms with E-state index in [2.05, 4.69) is 31.7 Å². The Balaban J connectivity index is 1.57. The van der Waals surface area contributed by atoms with Crippen molar-refractivity contribution in [1.29, 1.82) is 0 Å². The molecule has 2 aromatic heterocycles. The van der Waals surface area contributed by atoms with Gasteiger partial charge in [0, 0.05) is 44.0 Å². The lowest BCUT2D eigenvalue weighted by atomic mass is 10.1. The lowest BCUT2D eigenvalue weighted by Gasteiger charge is -2.34. The van der Waals surface area contributed by atoms with Crippen LogP contribution >= 0.6 is 11.3 Å². The third-order valence-electron chi connectivity index (χ3n) is 4.38. The molecule has 0 saturated carbocycles. The van der Waals surface area contributed by atoms with Crippen LogP contribution in [0.1, 0.15) is 22.6 Å². The fourth-order valence-corrected chi connectivity index (χ4v) is 3.68. The number of carbonyl (C=O) groups is 1. The highest BCUT2D eigenvalue weighted by Crippen LogP contribution is 2.12. The van der Waals surface area contributed by atoms with E-state index in [9.17, 15) is 9.59 Å².